The first kappa shape index (κ1) is 19.6. The van der Waals surface area contributed by atoms with Crippen molar-refractivity contribution in [1.29, 1.82) is 0 Å². The maximum absolute atomic E-state index is 11.8. The van der Waals surface area contributed by atoms with Crippen LogP contribution in [0.2, 0.25) is 0 Å². The van der Waals surface area contributed by atoms with Crippen molar-refractivity contribution < 1.29 is 14.8 Å². The van der Waals surface area contributed by atoms with Crippen LogP contribution in [0, 0.1) is 0 Å². The number of nitrogens with one attached hydrogen (secondary N) is 2. The molecule has 0 saturated heterocycles. The van der Waals surface area contributed by atoms with E-state index in [0.717, 1.165) is 25.8 Å². The van der Waals surface area contributed by atoms with Crippen molar-refractivity contribution in [2.45, 2.75) is 33.1 Å². The molecule has 0 aliphatic heterocycles. The third kappa shape index (κ3) is 8.50. The largest absolute Gasteiger partial charge is 0.488 e. The van der Waals surface area contributed by atoms with Gasteiger partial charge in [0, 0.05) is 12.1 Å². The second kappa shape index (κ2) is 12.4. The first-order valence-electron chi connectivity index (χ1n) is 7.54. The minimum absolute atomic E-state index is 0.184. The topological polar surface area (TPSA) is 81.6 Å². The van der Waals surface area contributed by atoms with E-state index in [1.54, 1.807) is 18.2 Å². The van der Waals surface area contributed by atoms with E-state index in [9.17, 15) is 4.79 Å². The molecule has 1 rings (SSSR count). The predicted octanol–water partition coefficient (Wildman–Crippen LogP) is 0.512. The molecule has 1 aromatic carbocycles. The highest BCUT2D eigenvalue weighted by Gasteiger charge is 2.13. The minimum atomic E-state index is -1.55. The number of unbranched alkanes of at least 4 members (excludes halogenated alkanes) is 2. The Bertz CT molecular complexity index is 400. The highest BCUT2D eigenvalue weighted by Crippen LogP contribution is 1.98. The third-order valence-corrected chi connectivity index (χ3v) is 2.84. The lowest BCUT2D eigenvalue weighted by molar-refractivity contribution is 0.0953. The van der Waals surface area contributed by atoms with Crippen molar-refractivity contribution in [3.8, 4) is 0 Å². The zero-order chi connectivity index (χ0) is 16.1. The lowest BCUT2D eigenvalue weighted by Crippen LogP contribution is -2.32. The van der Waals surface area contributed by atoms with E-state index >= 15 is 0 Å². The first-order chi connectivity index (χ1) is 10.1. The number of hydrogen-bond acceptors (Lipinski definition) is 4. The standard InChI is InChI=1S/C13H21BN2O3.C2H6/c1-15-8-3-2-4-9-16-13(17)11-6-5-7-12(10-11)14(18)19;1-2/h5-7,10,15,18-19H,2-4,8-9H2,1H3,(H,16,17);1-2H3. The second-order valence-electron chi connectivity index (χ2n) is 4.42. The molecule has 0 aliphatic rings. The summed E-state index contributed by atoms with van der Waals surface area (Å²) in [5.41, 5.74) is 0.766. The van der Waals surface area contributed by atoms with E-state index in [4.69, 9.17) is 10.0 Å². The zero-order valence-corrected chi connectivity index (χ0v) is 13.2. The highest BCUT2D eigenvalue weighted by molar-refractivity contribution is 6.58. The molecule has 6 heteroatoms. The number of rotatable bonds is 8. The van der Waals surface area contributed by atoms with Gasteiger partial charge in [-0.2, -0.15) is 0 Å². The van der Waals surface area contributed by atoms with Crippen LogP contribution in [0.1, 0.15) is 43.5 Å². The van der Waals surface area contributed by atoms with Gasteiger partial charge in [0.2, 0.25) is 0 Å². The Balaban J connectivity index is 0.00000191. The van der Waals surface area contributed by atoms with Crippen molar-refractivity contribution in [2.24, 2.45) is 0 Å². The summed E-state index contributed by atoms with van der Waals surface area (Å²) in [6.45, 7) is 5.62. The van der Waals surface area contributed by atoms with Crippen molar-refractivity contribution in [2.75, 3.05) is 20.1 Å². The molecule has 5 nitrogen and oxygen atoms in total. The number of carbonyl (C=O) groups is 1. The molecule has 0 heterocycles. The molecule has 0 aliphatic carbocycles. The minimum Gasteiger partial charge on any atom is -0.423 e. The Morgan fingerprint density at radius 1 is 1.14 bits per heavy atom. The van der Waals surface area contributed by atoms with Crippen molar-refractivity contribution >= 4 is 18.5 Å². The molecule has 0 aromatic heterocycles. The average Bonchev–Trinajstić information content (AvgIpc) is 2.52. The van der Waals surface area contributed by atoms with E-state index in [-0.39, 0.29) is 5.91 Å². The molecule has 1 amide bonds. The summed E-state index contributed by atoms with van der Waals surface area (Å²) in [6, 6.07) is 6.35. The van der Waals surface area contributed by atoms with E-state index in [1.807, 2.05) is 20.9 Å². The van der Waals surface area contributed by atoms with Gasteiger partial charge in [-0.3, -0.25) is 4.79 Å². The van der Waals surface area contributed by atoms with Crippen LogP contribution in [-0.4, -0.2) is 43.2 Å². The molecule has 0 saturated carbocycles. The van der Waals surface area contributed by atoms with Gasteiger partial charge in [0.05, 0.1) is 0 Å². The Morgan fingerprint density at radius 3 is 2.43 bits per heavy atom. The molecule has 0 unspecified atom stereocenters. The third-order valence-electron chi connectivity index (χ3n) is 2.84. The molecule has 0 spiro atoms. The normalized spacial score (nSPS) is 9.57. The smallest absolute Gasteiger partial charge is 0.423 e. The molecule has 4 N–H and O–H groups in total. The first-order valence-corrected chi connectivity index (χ1v) is 7.54. The number of amides is 1. The Kier molecular flexibility index (Phi) is 11.6. The maximum atomic E-state index is 11.8. The summed E-state index contributed by atoms with van der Waals surface area (Å²) in [5, 5.41) is 24.0. The molecule has 1 aromatic rings. The van der Waals surface area contributed by atoms with Gasteiger partial charge < -0.3 is 20.7 Å². The molecular formula is C15H27BN2O3. The van der Waals surface area contributed by atoms with Crippen LogP contribution in [-0.2, 0) is 0 Å². The van der Waals surface area contributed by atoms with Gasteiger partial charge in [0.25, 0.3) is 5.91 Å². The van der Waals surface area contributed by atoms with Gasteiger partial charge in [-0.25, -0.2) is 0 Å². The van der Waals surface area contributed by atoms with Gasteiger partial charge >= 0.3 is 7.12 Å². The fraction of sp³-hybridized carbons (Fsp3) is 0.533. The van der Waals surface area contributed by atoms with Crippen LogP contribution in [0.3, 0.4) is 0 Å². The monoisotopic (exact) mass is 294 g/mol. The lowest BCUT2D eigenvalue weighted by atomic mass is 9.79. The van der Waals surface area contributed by atoms with Crippen molar-refractivity contribution in [3.05, 3.63) is 29.8 Å². The molecule has 0 atom stereocenters. The Labute approximate surface area is 127 Å². The molecule has 118 valence electrons. The Hall–Kier alpha value is -1.37. The number of hydrogen-bond donors (Lipinski definition) is 4. The highest BCUT2D eigenvalue weighted by atomic mass is 16.4. The fourth-order valence-corrected chi connectivity index (χ4v) is 1.75. The predicted molar refractivity (Wildman–Crippen MR) is 87.7 cm³/mol. The summed E-state index contributed by atoms with van der Waals surface area (Å²) in [5.74, 6) is -0.184. The van der Waals surface area contributed by atoms with E-state index in [0.29, 0.717) is 17.6 Å². The van der Waals surface area contributed by atoms with Crippen LogP contribution >= 0.6 is 0 Å². The Morgan fingerprint density at radius 2 is 1.81 bits per heavy atom. The van der Waals surface area contributed by atoms with Crippen LogP contribution in [0.5, 0.6) is 0 Å². The van der Waals surface area contributed by atoms with E-state index in [1.165, 1.54) is 6.07 Å². The summed E-state index contributed by atoms with van der Waals surface area (Å²) in [7, 11) is 0.374. The second-order valence-corrected chi connectivity index (χ2v) is 4.42. The quantitative estimate of drug-likeness (QED) is 0.416. The van der Waals surface area contributed by atoms with Crippen LogP contribution in [0.4, 0.5) is 0 Å². The van der Waals surface area contributed by atoms with Crippen LogP contribution in [0.15, 0.2) is 24.3 Å². The zero-order valence-electron chi connectivity index (χ0n) is 13.2. The molecule has 0 fully saturated rings. The summed E-state index contributed by atoms with van der Waals surface area (Å²) in [6.07, 6.45) is 3.10. The van der Waals surface area contributed by atoms with Crippen molar-refractivity contribution in [3.63, 3.8) is 0 Å². The molecular weight excluding hydrogens is 267 g/mol. The summed E-state index contributed by atoms with van der Waals surface area (Å²) in [4.78, 5) is 11.8. The summed E-state index contributed by atoms with van der Waals surface area (Å²) < 4.78 is 0. The van der Waals surface area contributed by atoms with Crippen LogP contribution < -0.4 is 16.1 Å². The van der Waals surface area contributed by atoms with Crippen LogP contribution in [0.25, 0.3) is 0 Å². The van der Waals surface area contributed by atoms with E-state index < -0.39 is 7.12 Å². The van der Waals surface area contributed by atoms with Gasteiger partial charge in [-0.15, -0.1) is 0 Å². The molecule has 0 bridgehead atoms. The van der Waals surface area contributed by atoms with Gasteiger partial charge in [0.15, 0.2) is 0 Å². The maximum Gasteiger partial charge on any atom is 0.488 e. The lowest BCUT2D eigenvalue weighted by Gasteiger charge is -2.07. The SMILES string of the molecule is CC.CNCCCCCNC(=O)c1cccc(B(O)O)c1. The van der Waals surface area contributed by atoms with Gasteiger partial charge in [-0.1, -0.05) is 32.4 Å². The average molecular weight is 294 g/mol. The fourth-order valence-electron chi connectivity index (χ4n) is 1.75. The van der Waals surface area contributed by atoms with E-state index in [2.05, 4.69) is 10.6 Å². The molecule has 0 radical (unpaired) electrons. The number of carbonyl (C=O) groups excluding carboxylic acids is 1. The molecule has 21 heavy (non-hydrogen) atoms. The number of benzene rings is 1. The summed E-state index contributed by atoms with van der Waals surface area (Å²) >= 11 is 0. The van der Waals surface area contributed by atoms with Crippen molar-refractivity contribution in [1.82, 2.24) is 10.6 Å². The van der Waals surface area contributed by atoms with Gasteiger partial charge in [0.1, 0.15) is 0 Å². The van der Waals surface area contributed by atoms with Gasteiger partial charge in [-0.05, 0) is 44.0 Å².